The third-order valence-electron chi connectivity index (χ3n) is 4.13. The van der Waals surface area contributed by atoms with E-state index in [1.54, 1.807) is 12.1 Å². The molecule has 0 aliphatic heterocycles. The van der Waals surface area contributed by atoms with Crippen molar-refractivity contribution in [3.8, 4) is 0 Å². The van der Waals surface area contributed by atoms with E-state index in [-0.39, 0.29) is 12.5 Å². The molecule has 24 heavy (non-hydrogen) atoms. The number of ether oxygens (including phenoxy) is 1. The molecule has 0 saturated carbocycles. The lowest BCUT2D eigenvalue weighted by Gasteiger charge is -2.10. The summed E-state index contributed by atoms with van der Waals surface area (Å²) in [4.78, 5) is 24.1. The first-order valence-corrected chi connectivity index (χ1v) is 8.67. The van der Waals surface area contributed by atoms with E-state index in [0.717, 1.165) is 29.3 Å². The number of anilines is 1. The minimum absolute atomic E-state index is 0.300. The molecule has 0 saturated heterocycles. The summed E-state index contributed by atoms with van der Waals surface area (Å²) >= 11 is 3.38. The van der Waals surface area contributed by atoms with Gasteiger partial charge in [-0.15, -0.1) is 0 Å². The predicted octanol–water partition coefficient (Wildman–Crippen LogP) is 4.04. The maximum atomic E-state index is 12.1. The van der Waals surface area contributed by atoms with Gasteiger partial charge in [-0.05, 0) is 73.2 Å². The Morgan fingerprint density at radius 3 is 2.71 bits per heavy atom. The third kappa shape index (κ3) is 3.85. The Morgan fingerprint density at radius 1 is 1.12 bits per heavy atom. The van der Waals surface area contributed by atoms with E-state index in [4.69, 9.17) is 4.74 Å². The molecule has 1 N–H and O–H groups in total. The number of amides is 1. The topological polar surface area (TPSA) is 55.4 Å². The van der Waals surface area contributed by atoms with Gasteiger partial charge in [-0.2, -0.15) is 0 Å². The Bertz CT molecular complexity index is 801. The van der Waals surface area contributed by atoms with Crippen LogP contribution in [-0.4, -0.2) is 18.5 Å². The monoisotopic (exact) mass is 387 g/mol. The third-order valence-corrected chi connectivity index (χ3v) is 4.62. The van der Waals surface area contributed by atoms with E-state index in [9.17, 15) is 9.59 Å². The molecule has 0 bridgehead atoms. The summed E-state index contributed by atoms with van der Waals surface area (Å²) in [5, 5.41) is 2.75. The molecule has 0 heterocycles. The van der Waals surface area contributed by atoms with Crippen molar-refractivity contribution in [3.05, 3.63) is 63.1 Å². The molecule has 1 aliphatic rings. The Kier molecular flexibility index (Phi) is 5.00. The summed E-state index contributed by atoms with van der Waals surface area (Å²) in [7, 11) is 0. The first-order chi connectivity index (χ1) is 11.5. The van der Waals surface area contributed by atoms with Gasteiger partial charge in [0, 0.05) is 10.2 Å². The predicted molar refractivity (Wildman–Crippen MR) is 96.3 cm³/mol. The highest BCUT2D eigenvalue weighted by atomic mass is 79.9. The normalized spacial score (nSPS) is 12.6. The first-order valence-electron chi connectivity index (χ1n) is 7.88. The van der Waals surface area contributed by atoms with Gasteiger partial charge in [0.15, 0.2) is 6.61 Å². The average molecular weight is 388 g/mol. The zero-order valence-electron chi connectivity index (χ0n) is 13.4. The van der Waals surface area contributed by atoms with Gasteiger partial charge in [-0.25, -0.2) is 4.79 Å². The maximum absolute atomic E-state index is 12.1. The van der Waals surface area contributed by atoms with Gasteiger partial charge < -0.3 is 10.1 Å². The summed E-state index contributed by atoms with van der Waals surface area (Å²) in [6, 6.07) is 11.2. The number of rotatable bonds is 4. The summed E-state index contributed by atoms with van der Waals surface area (Å²) < 4.78 is 6.07. The van der Waals surface area contributed by atoms with Crippen LogP contribution in [-0.2, 0) is 22.4 Å². The van der Waals surface area contributed by atoms with Crippen molar-refractivity contribution in [1.29, 1.82) is 0 Å². The molecular weight excluding hydrogens is 370 g/mol. The summed E-state index contributed by atoms with van der Waals surface area (Å²) in [6.45, 7) is 1.60. The van der Waals surface area contributed by atoms with Crippen LogP contribution in [0, 0.1) is 6.92 Å². The molecule has 3 rings (SSSR count). The van der Waals surface area contributed by atoms with Crippen molar-refractivity contribution in [3.63, 3.8) is 0 Å². The van der Waals surface area contributed by atoms with Gasteiger partial charge in [-0.1, -0.05) is 22.0 Å². The second kappa shape index (κ2) is 7.18. The largest absolute Gasteiger partial charge is 0.452 e. The fraction of sp³-hybridized carbons (Fsp3) is 0.263. The smallest absolute Gasteiger partial charge is 0.338 e. The lowest BCUT2D eigenvalue weighted by atomic mass is 10.1. The molecule has 0 unspecified atom stereocenters. The molecule has 1 aliphatic carbocycles. The lowest BCUT2D eigenvalue weighted by molar-refractivity contribution is -0.119. The number of fused-ring (bicyclic) bond motifs is 1. The van der Waals surface area contributed by atoms with Gasteiger partial charge in [0.1, 0.15) is 0 Å². The van der Waals surface area contributed by atoms with Crippen LogP contribution in [0.25, 0.3) is 0 Å². The Labute approximate surface area is 149 Å². The zero-order valence-corrected chi connectivity index (χ0v) is 15.0. The van der Waals surface area contributed by atoms with Crippen molar-refractivity contribution < 1.29 is 14.3 Å². The molecule has 0 spiro atoms. The summed E-state index contributed by atoms with van der Waals surface area (Å²) in [5.74, 6) is -0.817. The number of carbonyl (C=O) groups excluding carboxylic acids is 2. The number of aryl methyl sites for hydroxylation is 3. The van der Waals surface area contributed by atoms with Crippen LogP contribution in [0.5, 0.6) is 0 Å². The van der Waals surface area contributed by atoms with E-state index in [0.29, 0.717) is 11.3 Å². The van der Waals surface area contributed by atoms with E-state index in [1.165, 1.54) is 11.1 Å². The number of esters is 1. The highest BCUT2D eigenvalue weighted by molar-refractivity contribution is 9.10. The fourth-order valence-corrected chi connectivity index (χ4v) is 3.34. The first kappa shape index (κ1) is 16.7. The maximum Gasteiger partial charge on any atom is 0.338 e. The van der Waals surface area contributed by atoms with Crippen LogP contribution in [0.4, 0.5) is 5.69 Å². The number of halogens is 1. The SMILES string of the molecule is Cc1cc(Br)ccc1NC(=O)COC(=O)c1ccc2c(c1)CCC2. The Balaban J connectivity index is 1.57. The highest BCUT2D eigenvalue weighted by Gasteiger charge is 2.16. The molecular formula is C19H18BrNO3. The highest BCUT2D eigenvalue weighted by Crippen LogP contribution is 2.23. The van der Waals surface area contributed by atoms with Gasteiger partial charge in [-0.3, -0.25) is 4.79 Å². The van der Waals surface area contributed by atoms with Crippen molar-refractivity contribution in [2.24, 2.45) is 0 Å². The summed E-state index contributed by atoms with van der Waals surface area (Å²) in [6.07, 6.45) is 3.20. The molecule has 0 atom stereocenters. The number of benzene rings is 2. The van der Waals surface area contributed by atoms with E-state index < -0.39 is 5.97 Å². The molecule has 0 aromatic heterocycles. The van der Waals surface area contributed by atoms with Crippen LogP contribution < -0.4 is 5.32 Å². The number of carbonyl (C=O) groups is 2. The molecule has 0 radical (unpaired) electrons. The molecule has 4 nitrogen and oxygen atoms in total. The molecule has 1 amide bonds. The van der Waals surface area contributed by atoms with Crippen LogP contribution in [0.3, 0.4) is 0 Å². The van der Waals surface area contributed by atoms with E-state index in [1.807, 2.05) is 31.2 Å². The van der Waals surface area contributed by atoms with Crippen LogP contribution in [0.15, 0.2) is 40.9 Å². The van der Waals surface area contributed by atoms with Crippen molar-refractivity contribution in [2.45, 2.75) is 26.2 Å². The van der Waals surface area contributed by atoms with Crippen LogP contribution in [0.2, 0.25) is 0 Å². The second-order valence-corrected chi connectivity index (χ2v) is 6.84. The quantitative estimate of drug-likeness (QED) is 0.805. The van der Waals surface area contributed by atoms with E-state index in [2.05, 4.69) is 21.2 Å². The average Bonchev–Trinajstić information content (AvgIpc) is 3.03. The summed E-state index contributed by atoms with van der Waals surface area (Å²) in [5.41, 5.74) is 4.65. The lowest BCUT2D eigenvalue weighted by Crippen LogP contribution is -2.21. The number of hydrogen-bond acceptors (Lipinski definition) is 3. The molecule has 2 aromatic carbocycles. The van der Waals surface area contributed by atoms with E-state index >= 15 is 0 Å². The molecule has 2 aromatic rings. The van der Waals surface area contributed by atoms with Crippen molar-refractivity contribution in [2.75, 3.05) is 11.9 Å². The standard InChI is InChI=1S/C19H18BrNO3/c1-12-9-16(20)7-8-17(12)21-18(22)11-24-19(23)15-6-5-13-3-2-4-14(13)10-15/h5-10H,2-4,11H2,1H3,(H,21,22). The van der Waals surface area contributed by atoms with Crippen LogP contribution in [0.1, 0.15) is 33.5 Å². The molecule has 124 valence electrons. The number of hydrogen-bond donors (Lipinski definition) is 1. The van der Waals surface area contributed by atoms with Crippen LogP contribution >= 0.6 is 15.9 Å². The van der Waals surface area contributed by atoms with Crippen molar-refractivity contribution >= 4 is 33.5 Å². The molecule has 0 fully saturated rings. The fourth-order valence-electron chi connectivity index (χ4n) is 2.87. The van der Waals surface area contributed by atoms with Gasteiger partial charge >= 0.3 is 5.97 Å². The van der Waals surface area contributed by atoms with Gasteiger partial charge in [0.25, 0.3) is 5.91 Å². The Hall–Kier alpha value is -2.14. The van der Waals surface area contributed by atoms with Gasteiger partial charge in [0.2, 0.25) is 0 Å². The van der Waals surface area contributed by atoms with Crippen molar-refractivity contribution in [1.82, 2.24) is 0 Å². The zero-order chi connectivity index (χ0) is 17.1. The minimum Gasteiger partial charge on any atom is -0.452 e. The Morgan fingerprint density at radius 2 is 1.92 bits per heavy atom. The van der Waals surface area contributed by atoms with Gasteiger partial charge in [0.05, 0.1) is 5.56 Å². The number of nitrogens with one attached hydrogen (secondary N) is 1. The minimum atomic E-state index is -0.465. The molecule has 5 heteroatoms. The second-order valence-electron chi connectivity index (χ2n) is 5.92.